The number of aryl methyl sites for hydroxylation is 1. The normalized spacial score (nSPS) is 11.3. The number of carbonyl (C=O) groups is 2. The van der Waals surface area contributed by atoms with Crippen LogP contribution < -0.4 is 5.32 Å². The molecule has 0 radical (unpaired) electrons. The Hall–Kier alpha value is -2.61. The molecule has 0 aliphatic heterocycles. The minimum absolute atomic E-state index is 0.0747. The Bertz CT molecular complexity index is 854. The molecular formula is C17H14ClF3N2O3. The van der Waals surface area contributed by atoms with Crippen LogP contribution in [0.2, 0.25) is 5.15 Å². The zero-order valence-corrected chi connectivity index (χ0v) is 14.3. The van der Waals surface area contributed by atoms with Crippen molar-refractivity contribution < 1.29 is 27.9 Å². The molecular weight excluding hydrogens is 373 g/mol. The average molecular weight is 387 g/mol. The van der Waals surface area contributed by atoms with Crippen LogP contribution in [0.15, 0.2) is 30.5 Å². The molecule has 5 nitrogen and oxygen atoms in total. The van der Waals surface area contributed by atoms with Gasteiger partial charge in [0, 0.05) is 6.20 Å². The highest BCUT2D eigenvalue weighted by molar-refractivity contribution is 6.33. The van der Waals surface area contributed by atoms with E-state index in [1.54, 1.807) is 6.92 Å². The number of alkyl halides is 3. The van der Waals surface area contributed by atoms with Crippen LogP contribution in [0, 0.1) is 0 Å². The van der Waals surface area contributed by atoms with Gasteiger partial charge in [-0.25, -0.2) is 9.78 Å². The molecule has 2 N–H and O–H groups in total. The van der Waals surface area contributed by atoms with Gasteiger partial charge in [0.25, 0.3) is 5.91 Å². The first-order valence-corrected chi connectivity index (χ1v) is 7.92. The maximum absolute atomic E-state index is 13.6. The van der Waals surface area contributed by atoms with Crippen LogP contribution >= 0.6 is 11.6 Å². The Morgan fingerprint density at radius 3 is 2.46 bits per heavy atom. The van der Waals surface area contributed by atoms with Gasteiger partial charge in [0.15, 0.2) is 0 Å². The lowest BCUT2D eigenvalue weighted by molar-refractivity contribution is -0.137. The minimum atomic E-state index is -4.85. The van der Waals surface area contributed by atoms with E-state index in [-0.39, 0.29) is 22.7 Å². The number of carboxylic acids is 1. The summed E-state index contributed by atoms with van der Waals surface area (Å²) in [6.45, 7) is 1.69. The number of aromatic nitrogens is 1. The summed E-state index contributed by atoms with van der Waals surface area (Å²) in [7, 11) is 0. The molecule has 1 aromatic carbocycles. The molecule has 26 heavy (non-hydrogen) atoms. The van der Waals surface area contributed by atoms with Crippen molar-refractivity contribution in [2.75, 3.05) is 5.32 Å². The first kappa shape index (κ1) is 19.7. The molecule has 0 aliphatic carbocycles. The predicted octanol–water partition coefficient (Wildman–Crippen LogP) is 4.66. The molecule has 0 spiro atoms. The number of benzene rings is 1. The van der Waals surface area contributed by atoms with E-state index in [0.717, 1.165) is 12.1 Å². The van der Waals surface area contributed by atoms with Gasteiger partial charge >= 0.3 is 12.1 Å². The highest BCUT2D eigenvalue weighted by Gasteiger charge is 2.38. The predicted molar refractivity (Wildman–Crippen MR) is 89.6 cm³/mol. The number of anilines is 1. The largest absolute Gasteiger partial charge is 0.478 e. The monoisotopic (exact) mass is 386 g/mol. The summed E-state index contributed by atoms with van der Waals surface area (Å²) < 4.78 is 40.9. The fourth-order valence-corrected chi connectivity index (χ4v) is 2.70. The number of pyridine rings is 1. The highest BCUT2D eigenvalue weighted by atomic mass is 35.5. The number of hydrogen-bond acceptors (Lipinski definition) is 3. The second-order valence-corrected chi connectivity index (χ2v) is 5.73. The third-order valence-corrected chi connectivity index (χ3v) is 3.87. The third-order valence-electron chi connectivity index (χ3n) is 3.57. The van der Waals surface area contributed by atoms with Crippen molar-refractivity contribution in [3.8, 4) is 0 Å². The maximum atomic E-state index is 13.6. The lowest BCUT2D eigenvalue weighted by atomic mass is 9.96. The zero-order chi connectivity index (χ0) is 19.5. The Labute approximate surface area is 151 Å². The Kier molecular flexibility index (Phi) is 5.86. The summed E-state index contributed by atoms with van der Waals surface area (Å²) in [5.74, 6) is -2.57. The fraction of sp³-hybridized carbons (Fsp3) is 0.235. The summed E-state index contributed by atoms with van der Waals surface area (Å²) in [4.78, 5) is 27.4. The van der Waals surface area contributed by atoms with E-state index in [4.69, 9.17) is 11.6 Å². The van der Waals surface area contributed by atoms with E-state index < -0.39 is 34.9 Å². The molecule has 0 fully saturated rings. The second-order valence-electron chi connectivity index (χ2n) is 5.37. The summed E-state index contributed by atoms with van der Waals surface area (Å²) in [6, 6.07) is 4.82. The molecule has 2 aromatic rings. The maximum Gasteiger partial charge on any atom is 0.418 e. The highest BCUT2D eigenvalue weighted by Crippen LogP contribution is 2.40. The molecule has 138 valence electrons. The van der Waals surface area contributed by atoms with E-state index in [1.807, 2.05) is 0 Å². The topological polar surface area (TPSA) is 79.3 Å². The van der Waals surface area contributed by atoms with Gasteiger partial charge in [-0.05, 0) is 30.2 Å². The molecule has 0 saturated heterocycles. The number of rotatable bonds is 5. The quantitative estimate of drug-likeness (QED) is 0.733. The van der Waals surface area contributed by atoms with Crippen molar-refractivity contribution >= 4 is 29.2 Å². The number of nitrogens with one attached hydrogen (secondary N) is 1. The zero-order valence-electron chi connectivity index (χ0n) is 13.5. The molecule has 2 rings (SSSR count). The lowest BCUT2D eigenvalue weighted by Crippen LogP contribution is -2.21. The molecule has 0 atom stereocenters. The number of aromatic carboxylic acids is 1. The Morgan fingerprint density at radius 2 is 1.92 bits per heavy atom. The van der Waals surface area contributed by atoms with Gasteiger partial charge in [0.1, 0.15) is 5.15 Å². The second kappa shape index (κ2) is 7.74. The number of hydrogen-bond donors (Lipinski definition) is 2. The minimum Gasteiger partial charge on any atom is -0.478 e. The van der Waals surface area contributed by atoms with Gasteiger partial charge in [-0.1, -0.05) is 31.0 Å². The number of carbonyl (C=O) groups excluding carboxylic acids is 1. The number of nitrogens with zero attached hydrogens (tertiary/aromatic N) is 1. The van der Waals surface area contributed by atoms with Crippen molar-refractivity contribution in [1.82, 2.24) is 4.98 Å². The molecule has 0 unspecified atom stereocenters. The van der Waals surface area contributed by atoms with Crippen LogP contribution in [0.1, 0.15) is 45.2 Å². The van der Waals surface area contributed by atoms with Crippen molar-refractivity contribution in [1.29, 1.82) is 0 Å². The number of amides is 1. The molecule has 9 heteroatoms. The van der Waals surface area contributed by atoms with Crippen LogP contribution in [-0.4, -0.2) is 22.0 Å². The molecule has 0 aliphatic rings. The van der Waals surface area contributed by atoms with Crippen molar-refractivity contribution in [2.24, 2.45) is 0 Å². The number of carboxylic acid groups (broad SMARTS) is 1. The summed E-state index contributed by atoms with van der Waals surface area (Å²) in [6.07, 6.45) is -3.05. The van der Waals surface area contributed by atoms with Crippen LogP contribution in [0.3, 0.4) is 0 Å². The van der Waals surface area contributed by atoms with E-state index in [9.17, 15) is 27.9 Å². The van der Waals surface area contributed by atoms with Crippen LogP contribution in [0.5, 0.6) is 0 Å². The van der Waals surface area contributed by atoms with Crippen LogP contribution in [-0.2, 0) is 12.6 Å². The SMILES string of the molecule is CCCc1ccc(C(=O)O)c(NC(=O)c2cccnc2Cl)c1C(F)(F)F. The molecule has 1 aromatic heterocycles. The van der Waals surface area contributed by atoms with Gasteiger partial charge in [0.05, 0.1) is 22.4 Å². The van der Waals surface area contributed by atoms with E-state index in [1.165, 1.54) is 18.3 Å². The smallest absolute Gasteiger partial charge is 0.418 e. The number of halogens is 4. The first-order valence-electron chi connectivity index (χ1n) is 7.55. The van der Waals surface area contributed by atoms with Crippen LogP contribution in [0.4, 0.5) is 18.9 Å². The molecule has 0 bridgehead atoms. The molecule has 1 heterocycles. The van der Waals surface area contributed by atoms with Crippen LogP contribution in [0.25, 0.3) is 0 Å². The lowest BCUT2D eigenvalue weighted by Gasteiger charge is -2.20. The van der Waals surface area contributed by atoms with E-state index in [0.29, 0.717) is 6.42 Å². The van der Waals surface area contributed by atoms with Crippen molar-refractivity contribution in [3.63, 3.8) is 0 Å². The molecule has 1 amide bonds. The van der Waals surface area contributed by atoms with Gasteiger partial charge in [0.2, 0.25) is 0 Å². The standard InChI is InChI=1S/C17H14ClF3N2O3/c1-2-4-9-6-7-10(16(25)26)13(12(9)17(19,20)21)23-15(24)11-5-3-8-22-14(11)18/h3,5-8H,2,4H2,1H3,(H,23,24)(H,25,26). The summed E-state index contributed by atoms with van der Waals surface area (Å²) in [5, 5.41) is 11.1. The Balaban J connectivity index is 2.64. The van der Waals surface area contributed by atoms with Crippen molar-refractivity contribution in [2.45, 2.75) is 25.9 Å². The summed E-state index contributed by atoms with van der Waals surface area (Å²) >= 11 is 5.79. The van der Waals surface area contributed by atoms with Crippen molar-refractivity contribution in [3.05, 3.63) is 57.9 Å². The van der Waals surface area contributed by atoms with Gasteiger partial charge < -0.3 is 10.4 Å². The Morgan fingerprint density at radius 1 is 1.23 bits per heavy atom. The van der Waals surface area contributed by atoms with Gasteiger partial charge in [-0.3, -0.25) is 4.79 Å². The first-order chi connectivity index (χ1) is 12.2. The average Bonchev–Trinajstić information content (AvgIpc) is 2.54. The fourth-order valence-electron chi connectivity index (χ4n) is 2.49. The van der Waals surface area contributed by atoms with Gasteiger partial charge in [-0.15, -0.1) is 0 Å². The summed E-state index contributed by atoms with van der Waals surface area (Å²) in [5.41, 5.74) is -2.91. The molecule has 0 saturated carbocycles. The van der Waals surface area contributed by atoms with E-state index >= 15 is 0 Å². The van der Waals surface area contributed by atoms with E-state index in [2.05, 4.69) is 10.3 Å². The third kappa shape index (κ3) is 4.13. The van der Waals surface area contributed by atoms with Gasteiger partial charge in [-0.2, -0.15) is 13.2 Å².